The van der Waals surface area contributed by atoms with E-state index in [4.69, 9.17) is 9.47 Å². The first-order valence-corrected chi connectivity index (χ1v) is 8.82. The molecule has 1 N–H and O–H groups in total. The molecule has 0 atom stereocenters. The molecule has 0 unspecified atom stereocenters. The van der Waals surface area contributed by atoms with Gasteiger partial charge in [0.25, 0.3) is 5.88 Å². The maximum atomic E-state index is 13.9. The van der Waals surface area contributed by atoms with Crippen molar-refractivity contribution < 1.29 is 13.9 Å². The molecule has 1 aliphatic carbocycles. The molecule has 1 saturated carbocycles. The quantitative estimate of drug-likeness (QED) is 0.866. The number of anilines is 2. The van der Waals surface area contributed by atoms with Crippen molar-refractivity contribution in [1.29, 1.82) is 0 Å². The first kappa shape index (κ1) is 16.3. The van der Waals surface area contributed by atoms with Gasteiger partial charge in [-0.1, -0.05) is 19.3 Å². The van der Waals surface area contributed by atoms with Crippen LogP contribution in [0.15, 0.2) is 18.6 Å². The largest absolute Gasteiger partial charge is 0.475 e. The Labute approximate surface area is 145 Å². The van der Waals surface area contributed by atoms with E-state index in [1.54, 1.807) is 6.20 Å². The Morgan fingerprint density at radius 1 is 1.24 bits per heavy atom. The van der Waals surface area contributed by atoms with Gasteiger partial charge in [-0.25, -0.2) is 4.98 Å². The molecule has 2 aromatic rings. The summed E-state index contributed by atoms with van der Waals surface area (Å²) in [7, 11) is 0. The summed E-state index contributed by atoms with van der Waals surface area (Å²) in [4.78, 5) is 8.14. The Morgan fingerprint density at radius 2 is 2.08 bits per heavy atom. The Kier molecular flexibility index (Phi) is 4.78. The van der Waals surface area contributed by atoms with Crippen molar-refractivity contribution >= 4 is 11.6 Å². The summed E-state index contributed by atoms with van der Waals surface area (Å²) < 4.78 is 26.5. The molecule has 2 fully saturated rings. The molecule has 0 amide bonds. The highest BCUT2D eigenvalue weighted by Gasteiger charge is 2.21. The average Bonchev–Trinajstić information content (AvgIpc) is 3.02. The average molecular weight is 347 g/mol. The van der Waals surface area contributed by atoms with E-state index in [9.17, 15) is 4.39 Å². The fourth-order valence-electron chi connectivity index (χ4n) is 3.17. The summed E-state index contributed by atoms with van der Waals surface area (Å²) in [5.74, 6) is 0.249. The predicted molar refractivity (Wildman–Crippen MR) is 89.4 cm³/mol. The molecule has 4 rings (SSSR count). The zero-order valence-electron chi connectivity index (χ0n) is 14.0. The lowest BCUT2D eigenvalue weighted by molar-refractivity contribution is -0.0286. The molecule has 2 aliphatic rings. The summed E-state index contributed by atoms with van der Waals surface area (Å²) in [6, 6.07) is 0.277. The van der Waals surface area contributed by atoms with E-state index in [-0.39, 0.29) is 11.9 Å². The maximum Gasteiger partial charge on any atom is 0.255 e. The van der Waals surface area contributed by atoms with E-state index in [1.165, 1.54) is 19.3 Å². The summed E-state index contributed by atoms with van der Waals surface area (Å²) >= 11 is 0. The minimum Gasteiger partial charge on any atom is -0.475 e. The maximum absolute atomic E-state index is 13.9. The number of hydrogen-bond acceptors (Lipinski definition) is 6. The molecule has 3 heterocycles. The molecule has 25 heavy (non-hydrogen) atoms. The molecule has 8 heteroatoms. The summed E-state index contributed by atoms with van der Waals surface area (Å²) in [6.07, 6.45) is 10.7. The number of nitrogens with zero attached hydrogens (tertiary/aromatic N) is 4. The van der Waals surface area contributed by atoms with Crippen molar-refractivity contribution in [1.82, 2.24) is 19.7 Å². The Balaban J connectivity index is 1.39. The molecule has 7 nitrogen and oxygen atoms in total. The van der Waals surface area contributed by atoms with Crippen LogP contribution in [0.25, 0.3) is 0 Å². The van der Waals surface area contributed by atoms with Gasteiger partial charge in [0.1, 0.15) is 0 Å². The minimum absolute atomic E-state index is 0.00265. The van der Waals surface area contributed by atoms with Crippen LogP contribution in [0.4, 0.5) is 16.0 Å². The molecule has 0 bridgehead atoms. The number of ether oxygens (including phenoxy) is 2. The number of aromatic nitrogens is 4. The monoisotopic (exact) mass is 347 g/mol. The van der Waals surface area contributed by atoms with Crippen molar-refractivity contribution in [2.24, 2.45) is 5.92 Å². The van der Waals surface area contributed by atoms with Crippen molar-refractivity contribution in [3.8, 4) is 5.88 Å². The predicted octanol–water partition coefficient (Wildman–Crippen LogP) is 3.09. The van der Waals surface area contributed by atoms with Gasteiger partial charge in [-0.05, 0) is 18.8 Å². The molecule has 1 saturated heterocycles. The molecular weight excluding hydrogens is 325 g/mol. The van der Waals surface area contributed by atoms with E-state index >= 15 is 0 Å². The SMILES string of the molecule is Fc1cnc(Nc2cnn(C3COC3)c2)nc1OCC1CCCCC1. The van der Waals surface area contributed by atoms with Crippen molar-refractivity contribution in [3.05, 3.63) is 24.4 Å². The second-order valence-corrected chi connectivity index (χ2v) is 6.69. The number of rotatable bonds is 6. The normalized spacial score (nSPS) is 18.8. The van der Waals surface area contributed by atoms with Crippen molar-refractivity contribution in [2.45, 2.75) is 38.1 Å². The van der Waals surface area contributed by atoms with Crippen LogP contribution in [0.3, 0.4) is 0 Å². The van der Waals surface area contributed by atoms with Crippen LogP contribution in [0.2, 0.25) is 0 Å². The first-order valence-electron chi connectivity index (χ1n) is 8.82. The highest BCUT2D eigenvalue weighted by Crippen LogP contribution is 2.25. The minimum atomic E-state index is -0.538. The second kappa shape index (κ2) is 7.35. The van der Waals surface area contributed by atoms with Gasteiger partial charge in [0.05, 0.1) is 43.9 Å². The molecule has 0 spiro atoms. The van der Waals surface area contributed by atoms with Gasteiger partial charge >= 0.3 is 0 Å². The van der Waals surface area contributed by atoms with E-state index in [0.29, 0.717) is 31.7 Å². The molecule has 134 valence electrons. The first-order chi connectivity index (χ1) is 12.3. The lowest BCUT2D eigenvalue weighted by Gasteiger charge is -2.25. The third kappa shape index (κ3) is 3.89. The van der Waals surface area contributed by atoms with Gasteiger partial charge in [0.2, 0.25) is 11.8 Å². The molecular formula is C17H22FN5O2. The lowest BCUT2D eigenvalue weighted by Crippen LogP contribution is -2.30. The van der Waals surface area contributed by atoms with Gasteiger partial charge in [0, 0.05) is 6.20 Å². The van der Waals surface area contributed by atoms with Crippen LogP contribution < -0.4 is 10.1 Å². The number of halogens is 1. The van der Waals surface area contributed by atoms with E-state index in [2.05, 4.69) is 20.4 Å². The third-order valence-electron chi connectivity index (χ3n) is 4.74. The van der Waals surface area contributed by atoms with Crippen molar-refractivity contribution in [2.75, 3.05) is 25.1 Å². The van der Waals surface area contributed by atoms with Gasteiger partial charge in [-0.15, -0.1) is 0 Å². The van der Waals surface area contributed by atoms with Crippen LogP contribution >= 0.6 is 0 Å². The zero-order valence-corrected chi connectivity index (χ0v) is 14.0. The smallest absolute Gasteiger partial charge is 0.255 e. The summed E-state index contributed by atoms with van der Waals surface area (Å²) in [6.45, 7) is 1.85. The lowest BCUT2D eigenvalue weighted by atomic mass is 9.90. The van der Waals surface area contributed by atoms with Gasteiger partial charge in [-0.3, -0.25) is 4.68 Å². The second-order valence-electron chi connectivity index (χ2n) is 6.69. The van der Waals surface area contributed by atoms with Crippen LogP contribution in [0.1, 0.15) is 38.1 Å². The number of hydrogen-bond donors (Lipinski definition) is 1. The fourth-order valence-corrected chi connectivity index (χ4v) is 3.17. The number of nitrogens with one attached hydrogen (secondary N) is 1. The van der Waals surface area contributed by atoms with E-state index < -0.39 is 5.82 Å². The highest BCUT2D eigenvalue weighted by atomic mass is 19.1. The highest BCUT2D eigenvalue weighted by molar-refractivity contribution is 5.50. The van der Waals surface area contributed by atoms with E-state index in [1.807, 2.05) is 10.9 Å². The molecule has 0 radical (unpaired) electrons. The summed E-state index contributed by atoms with van der Waals surface area (Å²) in [5.41, 5.74) is 0.747. The summed E-state index contributed by atoms with van der Waals surface area (Å²) in [5, 5.41) is 7.33. The van der Waals surface area contributed by atoms with Crippen LogP contribution in [-0.2, 0) is 4.74 Å². The Morgan fingerprint density at radius 3 is 2.84 bits per heavy atom. The van der Waals surface area contributed by atoms with Crippen LogP contribution in [0, 0.1) is 11.7 Å². The molecule has 0 aromatic carbocycles. The van der Waals surface area contributed by atoms with Crippen molar-refractivity contribution in [3.63, 3.8) is 0 Å². The van der Waals surface area contributed by atoms with Crippen LogP contribution in [0.5, 0.6) is 5.88 Å². The third-order valence-corrected chi connectivity index (χ3v) is 4.74. The standard InChI is InChI=1S/C17H22FN5O2/c18-15-7-19-17(21-13-6-20-23(8-13)14-10-24-11-14)22-16(15)25-9-12-4-2-1-3-5-12/h6-8,12,14H,1-5,9-11H2,(H,19,21,22). The Hall–Kier alpha value is -2.22. The van der Waals surface area contributed by atoms with E-state index in [0.717, 1.165) is 24.7 Å². The van der Waals surface area contributed by atoms with Crippen LogP contribution in [-0.4, -0.2) is 39.6 Å². The Bertz CT molecular complexity index is 713. The fraction of sp³-hybridized carbons (Fsp3) is 0.588. The van der Waals surface area contributed by atoms with Gasteiger partial charge < -0.3 is 14.8 Å². The molecule has 1 aliphatic heterocycles. The van der Waals surface area contributed by atoms with Gasteiger partial charge in [-0.2, -0.15) is 14.5 Å². The van der Waals surface area contributed by atoms with Gasteiger partial charge in [0.15, 0.2) is 0 Å². The molecule has 2 aromatic heterocycles. The zero-order chi connectivity index (χ0) is 17.1. The topological polar surface area (TPSA) is 74.1 Å².